The largest absolute Gasteiger partial charge is 0.480 e. The number of carbonyl (C=O) groups is 2. The van der Waals surface area contributed by atoms with Crippen LogP contribution >= 0.6 is 11.3 Å². The standard InChI is InChI=1S/C16H17NO3S/c1-11-9-10-21-14(11)15(18)17-13(16(19)20)8-7-12-5-3-2-4-6-12/h2-6,9-10,13H,7-8H2,1H3,(H,17,18)(H,19,20). The number of nitrogens with one attached hydrogen (secondary N) is 1. The van der Waals surface area contributed by atoms with Crippen molar-refractivity contribution in [1.82, 2.24) is 5.32 Å². The van der Waals surface area contributed by atoms with Gasteiger partial charge >= 0.3 is 5.97 Å². The molecule has 2 aromatic rings. The Labute approximate surface area is 127 Å². The molecule has 1 aromatic carbocycles. The van der Waals surface area contributed by atoms with E-state index in [1.807, 2.05) is 48.7 Å². The van der Waals surface area contributed by atoms with Crippen LogP contribution in [0.25, 0.3) is 0 Å². The van der Waals surface area contributed by atoms with Gasteiger partial charge < -0.3 is 10.4 Å². The monoisotopic (exact) mass is 303 g/mol. The maximum absolute atomic E-state index is 12.1. The highest BCUT2D eigenvalue weighted by molar-refractivity contribution is 7.12. The number of hydrogen-bond donors (Lipinski definition) is 2. The summed E-state index contributed by atoms with van der Waals surface area (Å²) in [7, 11) is 0. The average molecular weight is 303 g/mol. The van der Waals surface area contributed by atoms with Crippen molar-refractivity contribution in [3.63, 3.8) is 0 Å². The molecule has 5 heteroatoms. The highest BCUT2D eigenvalue weighted by Gasteiger charge is 2.21. The molecule has 1 amide bonds. The van der Waals surface area contributed by atoms with E-state index in [9.17, 15) is 14.7 Å². The molecule has 4 nitrogen and oxygen atoms in total. The van der Waals surface area contributed by atoms with Crippen LogP contribution in [-0.4, -0.2) is 23.0 Å². The van der Waals surface area contributed by atoms with Crippen LogP contribution in [0, 0.1) is 6.92 Å². The number of benzene rings is 1. The van der Waals surface area contributed by atoms with Crippen LogP contribution in [0.5, 0.6) is 0 Å². The number of rotatable bonds is 6. The smallest absolute Gasteiger partial charge is 0.326 e. The molecule has 21 heavy (non-hydrogen) atoms. The number of carboxylic acid groups (broad SMARTS) is 1. The van der Waals surface area contributed by atoms with Crippen LogP contribution in [0.3, 0.4) is 0 Å². The third-order valence-electron chi connectivity index (χ3n) is 3.24. The molecule has 0 radical (unpaired) electrons. The van der Waals surface area contributed by atoms with E-state index >= 15 is 0 Å². The zero-order valence-corrected chi connectivity index (χ0v) is 12.5. The van der Waals surface area contributed by atoms with Gasteiger partial charge in [-0.3, -0.25) is 4.79 Å². The van der Waals surface area contributed by atoms with E-state index in [1.54, 1.807) is 0 Å². The summed E-state index contributed by atoms with van der Waals surface area (Å²) >= 11 is 1.32. The second kappa shape index (κ2) is 7.04. The lowest BCUT2D eigenvalue weighted by Gasteiger charge is -2.14. The molecular formula is C16H17NO3S. The third-order valence-corrected chi connectivity index (χ3v) is 4.25. The topological polar surface area (TPSA) is 66.4 Å². The van der Waals surface area contributed by atoms with Crippen LogP contribution < -0.4 is 5.32 Å². The van der Waals surface area contributed by atoms with Gasteiger partial charge in [-0.05, 0) is 42.3 Å². The predicted molar refractivity (Wildman–Crippen MR) is 82.7 cm³/mol. The molecule has 1 unspecified atom stereocenters. The summed E-state index contributed by atoms with van der Waals surface area (Å²) in [5.41, 5.74) is 1.93. The van der Waals surface area contributed by atoms with Crippen LogP contribution in [0.4, 0.5) is 0 Å². The Balaban J connectivity index is 1.98. The molecule has 2 rings (SSSR count). The number of aryl methyl sites for hydroxylation is 2. The van der Waals surface area contributed by atoms with Crippen molar-refractivity contribution >= 4 is 23.2 Å². The number of thiophene rings is 1. The second-order valence-corrected chi connectivity index (χ2v) is 5.74. The second-order valence-electron chi connectivity index (χ2n) is 4.82. The molecule has 110 valence electrons. The number of carboxylic acids is 1. The summed E-state index contributed by atoms with van der Waals surface area (Å²) in [5, 5.41) is 13.7. The SMILES string of the molecule is Cc1ccsc1C(=O)NC(CCc1ccccc1)C(=O)O. The van der Waals surface area contributed by atoms with Crippen LogP contribution in [0.2, 0.25) is 0 Å². The Morgan fingerprint density at radius 2 is 1.95 bits per heavy atom. The van der Waals surface area contributed by atoms with E-state index in [1.165, 1.54) is 11.3 Å². The molecule has 0 fully saturated rings. The molecule has 0 saturated carbocycles. The number of aliphatic carboxylic acids is 1. The molecule has 0 bridgehead atoms. The normalized spacial score (nSPS) is 11.9. The van der Waals surface area contributed by atoms with Gasteiger partial charge in [-0.2, -0.15) is 0 Å². The van der Waals surface area contributed by atoms with E-state index < -0.39 is 12.0 Å². The summed E-state index contributed by atoms with van der Waals surface area (Å²) in [5.74, 6) is -1.32. The van der Waals surface area contributed by atoms with Crippen molar-refractivity contribution in [2.24, 2.45) is 0 Å². The first kappa shape index (κ1) is 15.3. The van der Waals surface area contributed by atoms with Gasteiger partial charge in [0.15, 0.2) is 0 Å². The maximum Gasteiger partial charge on any atom is 0.326 e. The molecular weight excluding hydrogens is 286 g/mol. The summed E-state index contributed by atoms with van der Waals surface area (Å²) in [6, 6.07) is 10.6. The Bertz CT molecular complexity index is 621. The first-order valence-corrected chi connectivity index (χ1v) is 7.57. The van der Waals surface area contributed by atoms with Crippen molar-refractivity contribution in [2.75, 3.05) is 0 Å². The van der Waals surface area contributed by atoms with Crippen molar-refractivity contribution in [3.05, 3.63) is 57.8 Å². The average Bonchev–Trinajstić information content (AvgIpc) is 2.90. The van der Waals surface area contributed by atoms with E-state index in [-0.39, 0.29) is 5.91 Å². The minimum atomic E-state index is -1.01. The van der Waals surface area contributed by atoms with Crippen molar-refractivity contribution < 1.29 is 14.7 Å². The molecule has 2 N–H and O–H groups in total. The summed E-state index contributed by atoms with van der Waals surface area (Å²) in [4.78, 5) is 24.0. The van der Waals surface area contributed by atoms with Crippen LogP contribution in [-0.2, 0) is 11.2 Å². The molecule has 0 aliphatic carbocycles. The van der Waals surface area contributed by atoms with E-state index in [4.69, 9.17) is 0 Å². The number of hydrogen-bond acceptors (Lipinski definition) is 3. The van der Waals surface area contributed by atoms with Crippen LogP contribution in [0.1, 0.15) is 27.2 Å². The van der Waals surface area contributed by atoms with Gasteiger partial charge in [0.1, 0.15) is 6.04 Å². The van der Waals surface area contributed by atoms with Crippen molar-refractivity contribution in [3.8, 4) is 0 Å². The fourth-order valence-corrected chi connectivity index (χ4v) is 2.87. The van der Waals surface area contributed by atoms with E-state index in [0.29, 0.717) is 17.7 Å². The Kier molecular flexibility index (Phi) is 5.11. The van der Waals surface area contributed by atoms with Gasteiger partial charge in [0.05, 0.1) is 4.88 Å². The van der Waals surface area contributed by atoms with Gasteiger partial charge in [0.25, 0.3) is 5.91 Å². The fourth-order valence-electron chi connectivity index (χ4n) is 2.04. The first-order valence-electron chi connectivity index (χ1n) is 6.69. The zero-order valence-electron chi connectivity index (χ0n) is 11.7. The fraction of sp³-hybridized carbons (Fsp3) is 0.250. The summed E-state index contributed by atoms with van der Waals surface area (Å²) in [6.07, 6.45) is 0.983. The number of carbonyl (C=O) groups excluding carboxylic acids is 1. The third kappa shape index (κ3) is 4.16. The van der Waals surface area contributed by atoms with Crippen molar-refractivity contribution in [1.29, 1.82) is 0 Å². The van der Waals surface area contributed by atoms with Crippen molar-refractivity contribution in [2.45, 2.75) is 25.8 Å². The Hall–Kier alpha value is -2.14. The molecule has 0 saturated heterocycles. The molecule has 1 aromatic heterocycles. The summed E-state index contributed by atoms with van der Waals surface area (Å²) in [6.45, 7) is 1.84. The molecule has 0 aliphatic rings. The highest BCUT2D eigenvalue weighted by atomic mass is 32.1. The lowest BCUT2D eigenvalue weighted by molar-refractivity contribution is -0.139. The van der Waals surface area contributed by atoms with Gasteiger partial charge in [-0.25, -0.2) is 4.79 Å². The maximum atomic E-state index is 12.1. The Morgan fingerprint density at radius 3 is 2.52 bits per heavy atom. The highest BCUT2D eigenvalue weighted by Crippen LogP contribution is 2.16. The van der Waals surface area contributed by atoms with Gasteiger partial charge in [-0.15, -0.1) is 11.3 Å². The minimum absolute atomic E-state index is 0.317. The minimum Gasteiger partial charge on any atom is -0.480 e. The van der Waals surface area contributed by atoms with Crippen LogP contribution in [0.15, 0.2) is 41.8 Å². The van der Waals surface area contributed by atoms with E-state index in [0.717, 1.165) is 11.1 Å². The molecule has 1 atom stereocenters. The molecule has 0 spiro atoms. The Morgan fingerprint density at radius 1 is 1.24 bits per heavy atom. The molecule has 1 heterocycles. The molecule has 0 aliphatic heterocycles. The first-order chi connectivity index (χ1) is 10.1. The lowest BCUT2D eigenvalue weighted by Crippen LogP contribution is -2.41. The van der Waals surface area contributed by atoms with E-state index in [2.05, 4.69) is 5.32 Å². The number of amides is 1. The zero-order chi connectivity index (χ0) is 15.2. The summed E-state index contributed by atoms with van der Waals surface area (Å²) < 4.78 is 0. The van der Waals surface area contributed by atoms with Gasteiger partial charge in [-0.1, -0.05) is 30.3 Å². The van der Waals surface area contributed by atoms with Gasteiger partial charge in [0, 0.05) is 0 Å². The van der Waals surface area contributed by atoms with Gasteiger partial charge in [0.2, 0.25) is 0 Å². The predicted octanol–water partition coefficient (Wildman–Crippen LogP) is 2.87. The quantitative estimate of drug-likeness (QED) is 0.862. The lowest BCUT2D eigenvalue weighted by atomic mass is 10.1.